The van der Waals surface area contributed by atoms with Gasteiger partial charge in [-0.1, -0.05) is 0 Å². The van der Waals surface area contributed by atoms with Crippen molar-refractivity contribution in [2.75, 3.05) is 19.8 Å². The van der Waals surface area contributed by atoms with E-state index in [1.54, 1.807) is 11.8 Å². The summed E-state index contributed by atoms with van der Waals surface area (Å²) in [5.74, 6) is -0.266. The Kier molecular flexibility index (Phi) is 4.47. The highest BCUT2D eigenvalue weighted by atomic mass is 19.1. The van der Waals surface area contributed by atoms with Crippen molar-refractivity contribution < 1.29 is 14.3 Å². The van der Waals surface area contributed by atoms with Crippen LogP contribution < -0.4 is 5.73 Å². The predicted molar refractivity (Wildman–Crippen MR) is 54.9 cm³/mol. The minimum absolute atomic E-state index is 0.120. The average Bonchev–Trinajstić information content (AvgIpc) is 2.20. The van der Waals surface area contributed by atoms with Gasteiger partial charge < -0.3 is 15.7 Å². The molecule has 1 rings (SSSR count). The van der Waals surface area contributed by atoms with E-state index in [0.717, 1.165) is 0 Å². The molecule has 0 aromatic carbocycles. The van der Waals surface area contributed by atoms with Gasteiger partial charge in [-0.3, -0.25) is 9.18 Å². The first-order valence-electron chi connectivity index (χ1n) is 5.34. The highest BCUT2D eigenvalue weighted by molar-refractivity contribution is 5.81. The standard InChI is InChI=1S/C10H19FN2O2/c1-7(12)10(15)13-5-3-9(14)8(6-13)2-4-11/h7-9,14H,2-6,12H2,1H3/t7-,8+,9-/m0/s1. The zero-order chi connectivity index (χ0) is 11.4. The number of aliphatic hydroxyl groups excluding tert-OH is 1. The van der Waals surface area contributed by atoms with E-state index in [1.807, 2.05) is 0 Å². The summed E-state index contributed by atoms with van der Waals surface area (Å²) < 4.78 is 12.2. The molecule has 0 unspecified atom stereocenters. The Hall–Kier alpha value is -0.680. The summed E-state index contributed by atoms with van der Waals surface area (Å²) in [5, 5.41) is 9.60. The number of rotatable bonds is 3. The topological polar surface area (TPSA) is 66.6 Å². The molecule has 1 amide bonds. The molecule has 88 valence electrons. The number of nitrogens with two attached hydrogens (primary N) is 1. The summed E-state index contributed by atoms with van der Waals surface area (Å²) in [6.07, 6.45) is 0.338. The summed E-state index contributed by atoms with van der Waals surface area (Å²) in [5.41, 5.74) is 5.49. The quantitative estimate of drug-likeness (QED) is 0.695. The largest absolute Gasteiger partial charge is 0.393 e. The van der Waals surface area contributed by atoms with Crippen LogP contribution in [0.25, 0.3) is 0 Å². The highest BCUT2D eigenvalue weighted by Crippen LogP contribution is 2.20. The summed E-state index contributed by atoms with van der Waals surface area (Å²) in [6.45, 7) is 2.12. The monoisotopic (exact) mass is 218 g/mol. The van der Waals surface area contributed by atoms with E-state index in [9.17, 15) is 14.3 Å². The SMILES string of the molecule is C[C@H](N)C(=O)N1CC[C@H](O)[C@H](CCF)C1. The van der Waals surface area contributed by atoms with Gasteiger partial charge in [0.05, 0.1) is 18.8 Å². The van der Waals surface area contributed by atoms with Crippen molar-refractivity contribution in [2.45, 2.75) is 31.9 Å². The van der Waals surface area contributed by atoms with Crippen molar-refractivity contribution in [1.29, 1.82) is 0 Å². The second kappa shape index (κ2) is 5.42. The lowest BCUT2D eigenvalue weighted by atomic mass is 9.92. The molecule has 0 aliphatic carbocycles. The van der Waals surface area contributed by atoms with Crippen LogP contribution in [0.2, 0.25) is 0 Å². The molecule has 0 aromatic heterocycles. The number of alkyl halides is 1. The van der Waals surface area contributed by atoms with Crippen molar-refractivity contribution in [3.63, 3.8) is 0 Å². The number of carbonyl (C=O) groups excluding carboxylic acids is 1. The van der Waals surface area contributed by atoms with Crippen molar-refractivity contribution in [2.24, 2.45) is 11.7 Å². The number of amides is 1. The van der Waals surface area contributed by atoms with Crippen molar-refractivity contribution in [3.05, 3.63) is 0 Å². The first-order valence-corrected chi connectivity index (χ1v) is 5.34. The molecule has 15 heavy (non-hydrogen) atoms. The van der Waals surface area contributed by atoms with Gasteiger partial charge in [0.1, 0.15) is 0 Å². The van der Waals surface area contributed by atoms with E-state index in [4.69, 9.17) is 5.73 Å². The van der Waals surface area contributed by atoms with E-state index in [-0.39, 0.29) is 11.8 Å². The zero-order valence-electron chi connectivity index (χ0n) is 9.03. The Labute approximate surface area is 89.2 Å². The van der Waals surface area contributed by atoms with E-state index in [1.165, 1.54) is 0 Å². The van der Waals surface area contributed by atoms with Crippen LogP contribution >= 0.6 is 0 Å². The lowest BCUT2D eigenvalue weighted by Gasteiger charge is -2.36. The third kappa shape index (κ3) is 3.14. The molecule has 0 bridgehead atoms. The number of carbonyl (C=O) groups is 1. The van der Waals surface area contributed by atoms with Crippen molar-refractivity contribution >= 4 is 5.91 Å². The van der Waals surface area contributed by atoms with E-state index in [0.29, 0.717) is 25.9 Å². The second-order valence-corrected chi connectivity index (χ2v) is 4.17. The highest BCUT2D eigenvalue weighted by Gasteiger charge is 2.30. The van der Waals surface area contributed by atoms with Crippen LogP contribution in [-0.4, -0.2) is 47.8 Å². The van der Waals surface area contributed by atoms with Crippen LogP contribution in [0.1, 0.15) is 19.8 Å². The van der Waals surface area contributed by atoms with Gasteiger partial charge in [0.15, 0.2) is 0 Å². The number of hydrogen-bond acceptors (Lipinski definition) is 3. The normalized spacial score (nSPS) is 28.9. The molecule has 4 nitrogen and oxygen atoms in total. The van der Waals surface area contributed by atoms with Gasteiger partial charge >= 0.3 is 0 Å². The number of hydrogen-bond donors (Lipinski definition) is 2. The fourth-order valence-corrected chi connectivity index (χ4v) is 1.93. The van der Waals surface area contributed by atoms with E-state index < -0.39 is 18.8 Å². The molecule has 1 saturated heterocycles. The molecule has 0 aromatic rings. The molecule has 0 spiro atoms. The van der Waals surface area contributed by atoms with Gasteiger partial charge in [0.2, 0.25) is 5.91 Å². The minimum atomic E-state index is -0.522. The molecule has 5 heteroatoms. The van der Waals surface area contributed by atoms with Crippen LogP contribution in [0.5, 0.6) is 0 Å². The molecule has 0 radical (unpaired) electrons. The maximum atomic E-state index is 12.2. The van der Waals surface area contributed by atoms with Gasteiger partial charge in [-0.25, -0.2) is 0 Å². The Morgan fingerprint density at radius 1 is 1.73 bits per heavy atom. The van der Waals surface area contributed by atoms with E-state index >= 15 is 0 Å². The first kappa shape index (κ1) is 12.4. The molecule has 1 fully saturated rings. The summed E-state index contributed by atoms with van der Waals surface area (Å²) in [4.78, 5) is 13.2. The Bertz CT molecular complexity index is 223. The van der Waals surface area contributed by atoms with Gasteiger partial charge in [0, 0.05) is 19.0 Å². The molecular formula is C10H19FN2O2. The minimum Gasteiger partial charge on any atom is -0.393 e. The van der Waals surface area contributed by atoms with Gasteiger partial charge in [-0.2, -0.15) is 0 Å². The third-order valence-corrected chi connectivity index (χ3v) is 2.87. The summed E-state index contributed by atoms with van der Waals surface area (Å²) in [6, 6.07) is -0.522. The maximum absolute atomic E-state index is 12.2. The molecule has 1 aliphatic rings. The van der Waals surface area contributed by atoms with Gasteiger partial charge in [0.25, 0.3) is 0 Å². The fraction of sp³-hybridized carbons (Fsp3) is 0.900. The summed E-state index contributed by atoms with van der Waals surface area (Å²) >= 11 is 0. The Morgan fingerprint density at radius 3 is 2.93 bits per heavy atom. The average molecular weight is 218 g/mol. The zero-order valence-corrected chi connectivity index (χ0v) is 9.03. The second-order valence-electron chi connectivity index (χ2n) is 4.17. The van der Waals surface area contributed by atoms with Gasteiger partial charge in [-0.15, -0.1) is 0 Å². The predicted octanol–water partition coefficient (Wildman–Crippen LogP) is -0.0974. The first-order chi connectivity index (χ1) is 7.06. The lowest BCUT2D eigenvalue weighted by Crippen LogP contribution is -2.50. The van der Waals surface area contributed by atoms with Crippen LogP contribution in [0, 0.1) is 5.92 Å². The number of likely N-dealkylation sites (tertiary alicyclic amines) is 1. The molecular weight excluding hydrogens is 199 g/mol. The van der Waals surface area contributed by atoms with Crippen LogP contribution in [-0.2, 0) is 4.79 Å². The molecule has 3 N–H and O–H groups in total. The molecule has 1 heterocycles. The lowest BCUT2D eigenvalue weighted by molar-refractivity contribution is -0.136. The molecule has 0 saturated carbocycles. The number of aliphatic hydroxyl groups is 1. The number of piperidine rings is 1. The smallest absolute Gasteiger partial charge is 0.239 e. The van der Waals surface area contributed by atoms with Crippen LogP contribution in [0.4, 0.5) is 4.39 Å². The Balaban J connectivity index is 2.53. The van der Waals surface area contributed by atoms with E-state index in [2.05, 4.69) is 0 Å². The maximum Gasteiger partial charge on any atom is 0.239 e. The molecule has 3 atom stereocenters. The van der Waals surface area contributed by atoms with Crippen LogP contribution in [0.15, 0.2) is 0 Å². The summed E-state index contributed by atoms with van der Waals surface area (Å²) in [7, 11) is 0. The van der Waals surface area contributed by atoms with Crippen LogP contribution in [0.3, 0.4) is 0 Å². The van der Waals surface area contributed by atoms with Crippen molar-refractivity contribution in [3.8, 4) is 0 Å². The van der Waals surface area contributed by atoms with Crippen molar-refractivity contribution in [1.82, 2.24) is 4.90 Å². The fourth-order valence-electron chi connectivity index (χ4n) is 1.93. The third-order valence-electron chi connectivity index (χ3n) is 2.87. The van der Waals surface area contributed by atoms with Gasteiger partial charge in [-0.05, 0) is 19.8 Å². The Morgan fingerprint density at radius 2 is 2.40 bits per heavy atom. The molecule has 1 aliphatic heterocycles. The number of halogens is 1. The number of nitrogens with zero attached hydrogens (tertiary/aromatic N) is 1.